The fraction of sp³-hybridized carbons (Fsp3) is 0.205. The van der Waals surface area contributed by atoms with Crippen molar-refractivity contribution in [3.05, 3.63) is 171 Å². The van der Waals surface area contributed by atoms with Crippen LogP contribution in [0, 0.1) is 10.1 Å². The van der Waals surface area contributed by atoms with Crippen LogP contribution in [0.25, 0.3) is 11.1 Å². The summed E-state index contributed by atoms with van der Waals surface area (Å²) in [5.74, 6) is -0.557. The topological polar surface area (TPSA) is 82.4 Å². The second kappa shape index (κ2) is 14.7. The summed E-state index contributed by atoms with van der Waals surface area (Å²) in [6.45, 7) is 0. The molecule has 0 spiro atoms. The maximum absolute atomic E-state index is 13.9. The number of non-ortho nitro benzene ring substituents is 1. The molecule has 0 aromatic heterocycles. The number of anilines is 4. The van der Waals surface area contributed by atoms with Crippen LogP contribution in [0.1, 0.15) is 38.2 Å². The number of carbonyl (C=O) groups is 1. The first-order chi connectivity index (χ1) is 25.3. The van der Waals surface area contributed by atoms with E-state index >= 15 is 0 Å². The lowest BCUT2D eigenvalue weighted by Gasteiger charge is -2.27. The lowest BCUT2D eigenvalue weighted by molar-refractivity contribution is -0.385. The van der Waals surface area contributed by atoms with Crippen molar-refractivity contribution in [2.24, 2.45) is 0 Å². The van der Waals surface area contributed by atoms with Crippen LogP contribution in [0.4, 0.5) is 28.4 Å². The zero-order valence-corrected chi connectivity index (χ0v) is 31.5. The third kappa shape index (κ3) is 7.51. The maximum atomic E-state index is 13.9. The number of ether oxygens (including phenoxy) is 1. The summed E-state index contributed by atoms with van der Waals surface area (Å²) in [5.41, 5.74) is 8.30. The van der Waals surface area contributed by atoms with Gasteiger partial charge in [0, 0.05) is 96.8 Å². The average Bonchev–Trinajstić information content (AvgIpc) is 3.43. The highest BCUT2D eigenvalue weighted by Crippen LogP contribution is 2.46. The zero-order valence-electron chi connectivity index (χ0n) is 31.5. The van der Waals surface area contributed by atoms with Gasteiger partial charge in [0.25, 0.3) is 5.69 Å². The van der Waals surface area contributed by atoms with Crippen molar-refractivity contribution in [1.29, 1.82) is 0 Å². The summed E-state index contributed by atoms with van der Waals surface area (Å²) in [6, 6.07) is 37.0. The van der Waals surface area contributed by atoms with Gasteiger partial charge in [-0.3, -0.25) is 10.1 Å². The normalized spacial score (nSPS) is 12.6. The Balaban J connectivity index is 1.70. The Labute approximate surface area is 311 Å². The molecule has 0 atom stereocenters. The highest BCUT2D eigenvalue weighted by atomic mass is 16.6. The molecule has 0 saturated carbocycles. The van der Waals surface area contributed by atoms with E-state index in [0.29, 0.717) is 5.56 Å². The monoisotopic (exact) mass is 707 g/mol. The molecule has 0 aliphatic carbocycles. The molecule has 0 fully saturated rings. The van der Waals surface area contributed by atoms with Gasteiger partial charge in [-0.15, -0.1) is 0 Å². The molecule has 6 rings (SSSR count). The van der Waals surface area contributed by atoms with Crippen LogP contribution in [0.15, 0.2) is 127 Å². The number of cyclic esters (lactones) is 1. The third-order valence-corrected chi connectivity index (χ3v) is 9.61. The van der Waals surface area contributed by atoms with Gasteiger partial charge in [0.2, 0.25) is 0 Å². The molecule has 53 heavy (non-hydrogen) atoms. The molecule has 9 heteroatoms. The number of nitro benzene ring substituents is 1. The van der Waals surface area contributed by atoms with E-state index in [2.05, 4.69) is 0 Å². The van der Waals surface area contributed by atoms with Crippen LogP contribution in [0.2, 0.25) is 0 Å². The molecule has 0 amide bonds. The van der Waals surface area contributed by atoms with Gasteiger partial charge in [-0.25, -0.2) is 4.79 Å². The quantitative estimate of drug-likeness (QED) is 0.0769. The SMILES string of the molecule is CN(C)c1ccc(C(=CC2(C=C(c3ccc(N(C)C)cc3)c3ccc(N(C)C)cc3)OC(=O)c3ccc([N+](=O)[O-])cc32)c2ccc(N(C)C)cc2)cc1. The van der Waals surface area contributed by atoms with Gasteiger partial charge in [-0.2, -0.15) is 0 Å². The highest BCUT2D eigenvalue weighted by Gasteiger charge is 2.45. The van der Waals surface area contributed by atoms with Crippen LogP contribution < -0.4 is 19.6 Å². The molecular weight excluding hydrogens is 663 g/mol. The molecule has 9 nitrogen and oxygen atoms in total. The van der Waals surface area contributed by atoms with Crippen LogP contribution in [0.3, 0.4) is 0 Å². The van der Waals surface area contributed by atoms with Crippen molar-refractivity contribution in [2.75, 3.05) is 76.0 Å². The molecule has 5 aromatic carbocycles. The highest BCUT2D eigenvalue weighted by molar-refractivity contribution is 5.98. The Hall–Kier alpha value is -6.35. The number of nitro groups is 1. The summed E-state index contributed by atoms with van der Waals surface area (Å²) < 4.78 is 6.50. The van der Waals surface area contributed by atoms with Crippen LogP contribution in [-0.4, -0.2) is 67.3 Å². The minimum absolute atomic E-state index is 0.132. The van der Waals surface area contributed by atoms with E-state index in [1.165, 1.54) is 18.2 Å². The number of nitrogens with zero attached hydrogens (tertiary/aromatic N) is 5. The molecule has 0 bridgehead atoms. The van der Waals surface area contributed by atoms with Crippen LogP contribution in [-0.2, 0) is 10.3 Å². The van der Waals surface area contributed by atoms with E-state index in [1.54, 1.807) is 0 Å². The summed E-state index contributed by atoms with van der Waals surface area (Å²) >= 11 is 0. The Kier molecular flexibility index (Phi) is 10.1. The summed E-state index contributed by atoms with van der Waals surface area (Å²) in [5, 5.41) is 12.2. The number of hydrogen-bond acceptors (Lipinski definition) is 8. The largest absolute Gasteiger partial charge is 0.442 e. The molecule has 270 valence electrons. The van der Waals surface area contributed by atoms with E-state index in [-0.39, 0.29) is 11.3 Å². The number of esters is 1. The molecule has 0 N–H and O–H groups in total. The van der Waals surface area contributed by atoms with Crippen molar-refractivity contribution in [2.45, 2.75) is 5.60 Å². The Morgan fingerprint density at radius 2 is 0.868 bits per heavy atom. The predicted molar refractivity (Wildman–Crippen MR) is 217 cm³/mol. The van der Waals surface area contributed by atoms with Crippen molar-refractivity contribution >= 4 is 45.6 Å². The minimum atomic E-state index is -1.54. The smallest absolute Gasteiger partial charge is 0.340 e. The van der Waals surface area contributed by atoms with Gasteiger partial charge in [-0.05, 0) is 100 Å². The second-order valence-corrected chi connectivity index (χ2v) is 14.1. The van der Waals surface area contributed by atoms with E-state index in [1.807, 2.05) is 185 Å². The van der Waals surface area contributed by atoms with Gasteiger partial charge in [-0.1, -0.05) is 48.5 Å². The first kappa shape index (κ1) is 36.4. The lowest BCUT2D eigenvalue weighted by Crippen LogP contribution is -2.23. The van der Waals surface area contributed by atoms with Crippen LogP contribution in [0.5, 0.6) is 0 Å². The molecule has 0 radical (unpaired) electrons. The average molecular weight is 708 g/mol. The fourth-order valence-corrected chi connectivity index (χ4v) is 6.52. The van der Waals surface area contributed by atoms with E-state index in [9.17, 15) is 14.9 Å². The zero-order chi connectivity index (χ0) is 38.0. The van der Waals surface area contributed by atoms with Gasteiger partial charge in [0.05, 0.1) is 10.5 Å². The van der Waals surface area contributed by atoms with E-state index in [0.717, 1.165) is 56.1 Å². The number of benzene rings is 5. The Morgan fingerprint density at radius 1 is 0.547 bits per heavy atom. The van der Waals surface area contributed by atoms with Gasteiger partial charge >= 0.3 is 5.97 Å². The van der Waals surface area contributed by atoms with Crippen molar-refractivity contribution in [3.63, 3.8) is 0 Å². The van der Waals surface area contributed by atoms with Crippen molar-refractivity contribution in [1.82, 2.24) is 0 Å². The number of hydrogen-bond donors (Lipinski definition) is 0. The summed E-state index contributed by atoms with van der Waals surface area (Å²) in [4.78, 5) is 33.8. The molecule has 1 aliphatic heterocycles. The molecule has 5 aromatic rings. The van der Waals surface area contributed by atoms with Crippen molar-refractivity contribution < 1.29 is 14.5 Å². The fourth-order valence-electron chi connectivity index (χ4n) is 6.52. The van der Waals surface area contributed by atoms with Gasteiger partial charge < -0.3 is 24.3 Å². The third-order valence-electron chi connectivity index (χ3n) is 9.61. The molecule has 0 unspecified atom stereocenters. The first-order valence-corrected chi connectivity index (χ1v) is 17.4. The summed E-state index contributed by atoms with van der Waals surface area (Å²) in [6.07, 6.45) is 3.89. The van der Waals surface area contributed by atoms with E-state index < -0.39 is 16.5 Å². The molecule has 1 aliphatic rings. The number of carbonyl (C=O) groups excluding carboxylic acids is 1. The number of rotatable bonds is 11. The van der Waals surface area contributed by atoms with Crippen LogP contribution >= 0.6 is 0 Å². The predicted octanol–water partition coefficient (Wildman–Crippen LogP) is 8.49. The second-order valence-electron chi connectivity index (χ2n) is 14.1. The molecule has 1 heterocycles. The Morgan fingerprint density at radius 3 is 1.15 bits per heavy atom. The lowest BCUT2D eigenvalue weighted by atomic mass is 9.83. The minimum Gasteiger partial charge on any atom is -0.442 e. The maximum Gasteiger partial charge on any atom is 0.340 e. The van der Waals surface area contributed by atoms with Gasteiger partial charge in [0.15, 0.2) is 5.60 Å². The molecule has 0 saturated heterocycles. The molecular formula is C44H45N5O4. The number of fused-ring (bicyclic) bond motifs is 1. The first-order valence-electron chi connectivity index (χ1n) is 17.4. The summed E-state index contributed by atoms with van der Waals surface area (Å²) in [7, 11) is 15.9. The van der Waals surface area contributed by atoms with Gasteiger partial charge in [0.1, 0.15) is 0 Å². The Bertz CT molecular complexity index is 1960. The van der Waals surface area contributed by atoms with E-state index in [4.69, 9.17) is 4.74 Å². The van der Waals surface area contributed by atoms with Crippen molar-refractivity contribution in [3.8, 4) is 0 Å². The standard InChI is InChI=1S/C44H45N5O4/c1-45(2)34-17-9-30(10-18-34)40(31-11-19-35(20-12-31)46(3)4)28-44(42-27-38(49(51)52)25-26-39(42)43(50)53-44)29-41(32-13-21-36(22-14-32)47(5)6)33-15-23-37(24-16-33)48(7)8/h9-29H,1-8H3.